The molecule has 0 aromatic heterocycles. The van der Waals surface area contributed by atoms with Gasteiger partial charge in [0.2, 0.25) is 0 Å². The van der Waals surface area contributed by atoms with Gasteiger partial charge in [-0.3, -0.25) is 0 Å². The van der Waals surface area contributed by atoms with Crippen LogP contribution in [0, 0.1) is 0 Å². The van der Waals surface area contributed by atoms with Crippen molar-refractivity contribution in [1.29, 1.82) is 0 Å². The normalized spacial score (nSPS) is 16.8. The number of carbonyl (C=O) groups excluding carboxylic acids is 2. The molecule has 0 aromatic rings. The maximum Gasteiger partial charge on any atom is 0.517 e. The molecule has 1 aliphatic heterocycles. The lowest BCUT2D eigenvalue weighted by Crippen LogP contribution is -2.42. The number of hydrogen-bond acceptors (Lipinski definition) is 5. The summed E-state index contributed by atoms with van der Waals surface area (Å²) in [5, 5.41) is 0. The minimum atomic E-state index is -0.969. The SMILES string of the molecule is CC(C)(C)OC(=O)OC(=O)N1CCOCC1. The predicted octanol–water partition coefficient (Wildman–Crippen LogP) is 1.39. The number of hydrogen-bond donors (Lipinski definition) is 0. The molecule has 0 bridgehead atoms. The smallest absolute Gasteiger partial charge is 0.428 e. The molecule has 0 N–H and O–H groups in total. The lowest BCUT2D eigenvalue weighted by atomic mass is 10.2. The molecule has 1 fully saturated rings. The number of carbonyl (C=O) groups is 2. The number of rotatable bonds is 0. The summed E-state index contributed by atoms with van der Waals surface area (Å²) >= 11 is 0. The molecule has 0 unspecified atom stereocenters. The van der Waals surface area contributed by atoms with Crippen LogP contribution in [0.25, 0.3) is 0 Å². The molecule has 6 heteroatoms. The van der Waals surface area contributed by atoms with Gasteiger partial charge in [-0.15, -0.1) is 0 Å². The average Bonchev–Trinajstić information content (AvgIpc) is 2.16. The quantitative estimate of drug-likeness (QED) is 0.465. The van der Waals surface area contributed by atoms with E-state index in [4.69, 9.17) is 9.47 Å². The zero-order valence-electron chi connectivity index (χ0n) is 9.82. The van der Waals surface area contributed by atoms with Gasteiger partial charge in [0.25, 0.3) is 0 Å². The highest BCUT2D eigenvalue weighted by Gasteiger charge is 2.24. The van der Waals surface area contributed by atoms with Crippen LogP contribution in [-0.4, -0.2) is 49.1 Å². The van der Waals surface area contributed by atoms with Crippen molar-refractivity contribution in [2.24, 2.45) is 0 Å². The molecule has 0 aromatic carbocycles. The number of morpholine rings is 1. The minimum Gasteiger partial charge on any atom is -0.428 e. The van der Waals surface area contributed by atoms with E-state index in [1.54, 1.807) is 20.8 Å². The van der Waals surface area contributed by atoms with Crippen molar-refractivity contribution >= 4 is 12.2 Å². The predicted molar refractivity (Wildman–Crippen MR) is 55.1 cm³/mol. The average molecular weight is 231 g/mol. The van der Waals surface area contributed by atoms with Crippen LogP contribution in [0.3, 0.4) is 0 Å². The Labute approximate surface area is 94.4 Å². The Morgan fingerprint density at radius 3 is 2.25 bits per heavy atom. The first-order chi connectivity index (χ1) is 7.38. The Balaban J connectivity index is 2.35. The summed E-state index contributed by atoms with van der Waals surface area (Å²) in [7, 11) is 0. The largest absolute Gasteiger partial charge is 0.517 e. The van der Waals surface area contributed by atoms with E-state index in [1.807, 2.05) is 0 Å². The van der Waals surface area contributed by atoms with Crippen molar-refractivity contribution in [2.75, 3.05) is 26.3 Å². The van der Waals surface area contributed by atoms with Gasteiger partial charge in [0.15, 0.2) is 0 Å². The van der Waals surface area contributed by atoms with Gasteiger partial charge in [-0.05, 0) is 20.8 Å². The fourth-order valence-electron chi connectivity index (χ4n) is 1.15. The third kappa shape index (κ3) is 4.48. The summed E-state index contributed by atoms with van der Waals surface area (Å²) in [6.07, 6.45) is -1.65. The molecule has 0 atom stereocenters. The van der Waals surface area contributed by atoms with Gasteiger partial charge in [-0.25, -0.2) is 9.59 Å². The highest BCUT2D eigenvalue weighted by atomic mass is 16.8. The molecular formula is C10H17NO5. The summed E-state index contributed by atoms with van der Waals surface area (Å²) in [6, 6.07) is 0. The second-order valence-corrected chi connectivity index (χ2v) is 4.43. The molecule has 0 aliphatic carbocycles. The molecule has 1 rings (SSSR count). The Morgan fingerprint density at radius 2 is 1.75 bits per heavy atom. The molecule has 1 heterocycles. The first-order valence-corrected chi connectivity index (χ1v) is 5.16. The van der Waals surface area contributed by atoms with Crippen LogP contribution in [0.4, 0.5) is 9.59 Å². The van der Waals surface area contributed by atoms with Gasteiger partial charge in [-0.2, -0.15) is 0 Å². The van der Waals surface area contributed by atoms with Crippen molar-refractivity contribution in [3.05, 3.63) is 0 Å². The molecule has 0 radical (unpaired) electrons. The van der Waals surface area contributed by atoms with Gasteiger partial charge in [0, 0.05) is 13.1 Å². The van der Waals surface area contributed by atoms with E-state index in [9.17, 15) is 9.59 Å². The fraction of sp³-hybridized carbons (Fsp3) is 0.800. The highest BCUT2D eigenvalue weighted by Crippen LogP contribution is 2.09. The molecule has 0 saturated carbocycles. The highest BCUT2D eigenvalue weighted by molar-refractivity contribution is 5.80. The van der Waals surface area contributed by atoms with E-state index in [0.717, 1.165) is 0 Å². The second-order valence-electron chi connectivity index (χ2n) is 4.43. The number of nitrogens with zero attached hydrogens (tertiary/aromatic N) is 1. The number of ether oxygens (including phenoxy) is 3. The third-order valence-electron chi connectivity index (χ3n) is 1.83. The zero-order chi connectivity index (χ0) is 12.2. The van der Waals surface area contributed by atoms with Crippen molar-refractivity contribution in [3.63, 3.8) is 0 Å². The van der Waals surface area contributed by atoms with Gasteiger partial charge in [0.1, 0.15) is 5.60 Å². The maximum atomic E-state index is 11.4. The van der Waals surface area contributed by atoms with Crippen LogP contribution in [-0.2, 0) is 14.2 Å². The summed E-state index contributed by atoms with van der Waals surface area (Å²) < 4.78 is 14.5. The Kier molecular flexibility index (Phi) is 4.12. The second kappa shape index (κ2) is 5.16. The topological polar surface area (TPSA) is 65.1 Å². The van der Waals surface area contributed by atoms with E-state index >= 15 is 0 Å². The van der Waals surface area contributed by atoms with Gasteiger partial charge in [-0.1, -0.05) is 0 Å². The summed E-state index contributed by atoms with van der Waals surface area (Å²) in [5.74, 6) is 0. The van der Waals surface area contributed by atoms with E-state index in [-0.39, 0.29) is 0 Å². The van der Waals surface area contributed by atoms with Crippen molar-refractivity contribution in [3.8, 4) is 0 Å². The molecule has 1 saturated heterocycles. The van der Waals surface area contributed by atoms with Gasteiger partial charge < -0.3 is 19.1 Å². The van der Waals surface area contributed by atoms with Gasteiger partial charge >= 0.3 is 12.2 Å². The standard InChI is InChI=1S/C10H17NO5/c1-10(2,3)16-9(13)15-8(12)11-4-6-14-7-5-11/h4-7H2,1-3H3. The Bertz CT molecular complexity index is 265. The minimum absolute atomic E-state index is 0.432. The molecule has 1 aliphatic rings. The molecule has 1 amide bonds. The van der Waals surface area contributed by atoms with Crippen LogP contribution in [0.5, 0.6) is 0 Å². The lowest BCUT2D eigenvalue weighted by molar-refractivity contribution is -0.00761. The Morgan fingerprint density at radius 1 is 1.19 bits per heavy atom. The van der Waals surface area contributed by atoms with E-state index in [0.29, 0.717) is 26.3 Å². The van der Waals surface area contributed by atoms with Crippen LogP contribution in [0.2, 0.25) is 0 Å². The molecular weight excluding hydrogens is 214 g/mol. The Hall–Kier alpha value is -1.30. The third-order valence-corrected chi connectivity index (χ3v) is 1.83. The van der Waals surface area contributed by atoms with E-state index in [1.165, 1.54) is 4.90 Å². The van der Waals surface area contributed by atoms with Crippen LogP contribution < -0.4 is 0 Å². The van der Waals surface area contributed by atoms with Crippen LogP contribution >= 0.6 is 0 Å². The maximum absolute atomic E-state index is 11.4. The van der Waals surface area contributed by atoms with E-state index in [2.05, 4.69) is 4.74 Å². The molecule has 0 spiro atoms. The summed E-state index contributed by atoms with van der Waals surface area (Å²) in [5.41, 5.74) is -0.664. The molecule has 92 valence electrons. The van der Waals surface area contributed by atoms with E-state index < -0.39 is 17.8 Å². The zero-order valence-corrected chi connectivity index (χ0v) is 9.82. The van der Waals surface area contributed by atoms with Crippen molar-refractivity contribution in [2.45, 2.75) is 26.4 Å². The van der Waals surface area contributed by atoms with Crippen molar-refractivity contribution < 1.29 is 23.8 Å². The van der Waals surface area contributed by atoms with Crippen LogP contribution in [0.15, 0.2) is 0 Å². The summed E-state index contributed by atoms with van der Waals surface area (Å²) in [4.78, 5) is 24.0. The van der Waals surface area contributed by atoms with Crippen molar-refractivity contribution in [1.82, 2.24) is 4.90 Å². The monoisotopic (exact) mass is 231 g/mol. The molecule has 6 nitrogen and oxygen atoms in total. The first-order valence-electron chi connectivity index (χ1n) is 5.16. The number of amides is 1. The van der Waals surface area contributed by atoms with Crippen LogP contribution in [0.1, 0.15) is 20.8 Å². The first kappa shape index (κ1) is 12.8. The van der Waals surface area contributed by atoms with Gasteiger partial charge in [0.05, 0.1) is 13.2 Å². The fourth-order valence-corrected chi connectivity index (χ4v) is 1.15. The lowest BCUT2D eigenvalue weighted by Gasteiger charge is -2.26. The molecule has 16 heavy (non-hydrogen) atoms. The summed E-state index contributed by atoms with van der Waals surface area (Å²) in [6.45, 7) is 6.89.